The summed E-state index contributed by atoms with van der Waals surface area (Å²) in [4.78, 5) is 36.6. The van der Waals surface area contributed by atoms with Crippen molar-refractivity contribution < 1.29 is 19.2 Å². The number of thiophene rings is 1. The van der Waals surface area contributed by atoms with E-state index in [4.69, 9.17) is 4.74 Å². The first-order valence-electron chi connectivity index (χ1n) is 8.49. The van der Waals surface area contributed by atoms with E-state index in [0.29, 0.717) is 20.9 Å². The summed E-state index contributed by atoms with van der Waals surface area (Å²) < 4.78 is 4.76. The Kier molecular flexibility index (Phi) is 6.16. The molecule has 0 aliphatic heterocycles. The number of nitro benzene ring substituents is 1. The maximum Gasteiger partial charge on any atom is 0.354 e. The molecule has 1 N–H and O–H groups in total. The molecule has 8 heteroatoms. The van der Waals surface area contributed by atoms with Crippen LogP contribution in [0.5, 0.6) is 0 Å². The average Bonchev–Trinajstić information content (AvgIpc) is 3.21. The summed E-state index contributed by atoms with van der Waals surface area (Å²) in [6, 6.07) is 18.3. The van der Waals surface area contributed by atoms with E-state index in [2.05, 4.69) is 5.32 Å². The molecule has 29 heavy (non-hydrogen) atoms. The van der Waals surface area contributed by atoms with Crippen LogP contribution in [0.1, 0.15) is 15.2 Å². The van der Waals surface area contributed by atoms with E-state index in [-0.39, 0.29) is 11.4 Å². The van der Waals surface area contributed by atoms with Crippen LogP contribution in [-0.2, 0) is 9.53 Å². The number of methoxy groups -OCH3 is 1. The van der Waals surface area contributed by atoms with Crippen molar-refractivity contribution in [2.24, 2.45) is 0 Å². The van der Waals surface area contributed by atoms with E-state index in [1.54, 1.807) is 60.7 Å². The smallest absolute Gasteiger partial charge is 0.354 e. The fourth-order valence-electron chi connectivity index (χ4n) is 2.60. The molecule has 0 spiro atoms. The van der Waals surface area contributed by atoms with Crippen LogP contribution in [0.15, 0.2) is 72.4 Å². The minimum absolute atomic E-state index is 0.00421. The molecule has 146 valence electrons. The number of ether oxygens (including phenoxy) is 1. The van der Waals surface area contributed by atoms with Gasteiger partial charge in [-0.15, -0.1) is 11.3 Å². The lowest BCUT2D eigenvalue weighted by molar-refractivity contribution is -0.384. The highest BCUT2D eigenvalue weighted by Gasteiger charge is 2.18. The molecule has 1 aromatic heterocycles. The number of hydrogen-bond acceptors (Lipinski definition) is 6. The topological polar surface area (TPSA) is 98.5 Å². The second-order valence-electron chi connectivity index (χ2n) is 5.85. The number of rotatable bonds is 6. The summed E-state index contributed by atoms with van der Waals surface area (Å²) in [6.45, 7) is 0. The van der Waals surface area contributed by atoms with Gasteiger partial charge in [-0.25, -0.2) is 4.79 Å². The molecular formula is C21H16N2O5S. The standard InChI is InChI=1S/C21H16N2O5S/c1-28-21(25)17(22-20(24)14-7-3-2-4-8-14)13-15-11-12-19(29-15)16-9-5-6-10-18(16)23(26)27/h2-13H,1H3,(H,22,24). The highest BCUT2D eigenvalue weighted by atomic mass is 32.1. The number of carbonyl (C=O) groups excluding carboxylic acids is 2. The number of amides is 1. The van der Waals surface area contributed by atoms with Gasteiger partial charge in [-0.1, -0.05) is 30.3 Å². The van der Waals surface area contributed by atoms with E-state index < -0.39 is 16.8 Å². The molecule has 0 saturated carbocycles. The highest BCUT2D eigenvalue weighted by Crippen LogP contribution is 2.35. The predicted molar refractivity (Wildman–Crippen MR) is 110 cm³/mol. The van der Waals surface area contributed by atoms with Gasteiger partial charge in [0.1, 0.15) is 5.70 Å². The molecule has 3 rings (SSSR count). The Morgan fingerprint density at radius 1 is 1.03 bits per heavy atom. The second kappa shape index (κ2) is 8.94. The van der Waals surface area contributed by atoms with E-state index >= 15 is 0 Å². The van der Waals surface area contributed by atoms with Crippen molar-refractivity contribution >= 4 is 35.0 Å². The fraction of sp³-hybridized carbons (Fsp3) is 0.0476. The quantitative estimate of drug-likeness (QED) is 0.284. The normalized spacial score (nSPS) is 11.0. The first-order chi connectivity index (χ1) is 14.0. The van der Waals surface area contributed by atoms with Gasteiger partial charge in [-0.3, -0.25) is 14.9 Å². The van der Waals surface area contributed by atoms with Crippen LogP contribution >= 0.6 is 11.3 Å². The summed E-state index contributed by atoms with van der Waals surface area (Å²) in [6.07, 6.45) is 1.48. The van der Waals surface area contributed by atoms with E-state index in [1.807, 2.05) is 0 Å². The Labute approximate surface area is 170 Å². The summed E-state index contributed by atoms with van der Waals surface area (Å²) in [5.74, 6) is -1.15. The van der Waals surface area contributed by atoms with Crippen molar-refractivity contribution in [1.29, 1.82) is 0 Å². The zero-order valence-electron chi connectivity index (χ0n) is 15.3. The third kappa shape index (κ3) is 4.74. The Balaban J connectivity index is 1.91. The van der Waals surface area contributed by atoms with Crippen molar-refractivity contribution in [1.82, 2.24) is 5.32 Å². The first-order valence-corrected chi connectivity index (χ1v) is 9.31. The van der Waals surface area contributed by atoms with E-state index in [9.17, 15) is 19.7 Å². The molecule has 0 unspecified atom stereocenters. The van der Waals surface area contributed by atoms with Crippen LogP contribution in [0.3, 0.4) is 0 Å². The van der Waals surface area contributed by atoms with Crippen LogP contribution in [-0.4, -0.2) is 23.9 Å². The van der Waals surface area contributed by atoms with Crippen LogP contribution in [0.25, 0.3) is 16.5 Å². The van der Waals surface area contributed by atoms with Crippen molar-refractivity contribution in [3.63, 3.8) is 0 Å². The first kappa shape index (κ1) is 20.0. The van der Waals surface area contributed by atoms with Gasteiger partial charge in [0.2, 0.25) is 0 Å². The summed E-state index contributed by atoms with van der Waals surface area (Å²) in [5.41, 5.74) is 0.844. The monoisotopic (exact) mass is 408 g/mol. The van der Waals surface area contributed by atoms with Crippen molar-refractivity contribution in [3.8, 4) is 10.4 Å². The molecule has 7 nitrogen and oxygen atoms in total. The van der Waals surface area contributed by atoms with Gasteiger partial charge < -0.3 is 10.1 Å². The molecule has 0 saturated heterocycles. The van der Waals surface area contributed by atoms with Gasteiger partial charge in [-0.05, 0) is 36.4 Å². The van der Waals surface area contributed by atoms with Gasteiger partial charge in [0.25, 0.3) is 11.6 Å². The lowest BCUT2D eigenvalue weighted by Gasteiger charge is -2.07. The molecule has 0 bridgehead atoms. The van der Waals surface area contributed by atoms with E-state index in [1.165, 1.54) is 30.6 Å². The van der Waals surface area contributed by atoms with Crippen LogP contribution in [0.2, 0.25) is 0 Å². The molecule has 0 atom stereocenters. The molecule has 0 aliphatic carbocycles. The molecule has 0 fully saturated rings. The number of hydrogen-bond donors (Lipinski definition) is 1. The molecule has 0 radical (unpaired) electrons. The number of nitrogens with one attached hydrogen (secondary N) is 1. The zero-order valence-corrected chi connectivity index (χ0v) is 16.1. The van der Waals surface area contributed by atoms with Crippen molar-refractivity contribution in [3.05, 3.63) is 93.0 Å². The second-order valence-corrected chi connectivity index (χ2v) is 6.96. The largest absolute Gasteiger partial charge is 0.464 e. The van der Waals surface area contributed by atoms with Gasteiger partial charge in [0.05, 0.1) is 17.6 Å². The van der Waals surface area contributed by atoms with Gasteiger partial charge in [-0.2, -0.15) is 0 Å². The van der Waals surface area contributed by atoms with Crippen molar-refractivity contribution in [2.45, 2.75) is 0 Å². The van der Waals surface area contributed by atoms with Gasteiger partial charge in [0.15, 0.2) is 0 Å². The number of benzene rings is 2. The maximum absolute atomic E-state index is 12.4. The molecule has 1 heterocycles. The lowest BCUT2D eigenvalue weighted by atomic mass is 10.1. The zero-order chi connectivity index (χ0) is 20.8. The number of esters is 1. The summed E-state index contributed by atoms with van der Waals surface area (Å²) >= 11 is 1.26. The number of carbonyl (C=O) groups is 2. The average molecular weight is 408 g/mol. The minimum Gasteiger partial charge on any atom is -0.464 e. The molecule has 1 amide bonds. The number of nitro groups is 1. The molecular weight excluding hydrogens is 392 g/mol. The molecule has 3 aromatic rings. The predicted octanol–water partition coefficient (Wildman–Crippen LogP) is 4.27. The van der Waals surface area contributed by atoms with Crippen molar-refractivity contribution in [2.75, 3.05) is 7.11 Å². The maximum atomic E-state index is 12.4. The van der Waals surface area contributed by atoms with Crippen LogP contribution in [0.4, 0.5) is 5.69 Å². The van der Waals surface area contributed by atoms with Crippen LogP contribution in [0, 0.1) is 10.1 Å². The Morgan fingerprint density at radius 2 is 1.72 bits per heavy atom. The fourth-order valence-corrected chi connectivity index (χ4v) is 3.58. The lowest BCUT2D eigenvalue weighted by Crippen LogP contribution is -2.27. The van der Waals surface area contributed by atoms with Crippen LogP contribution < -0.4 is 5.32 Å². The third-order valence-electron chi connectivity index (χ3n) is 3.97. The van der Waals surface area contributed by atoms with Gasteiger partial charge >= 0.3 is 5.97 Å². The minimum atomic E-state index is -0.699. The summed E-state index contributed by atoms with van der Waals surface area (Å²) in [5, 5.41) is 13.8. The number of para-hydroxylation sites is 1. The highest BCUT2D eigenvalue weighted by molar-refractivity contribution is 7.16. The Morgan fingerprint density at radius 3 is 2.41 bits per heavy atom. The molecule has 2 aromatic carbocycles. The van der Waals surface area contributed by atoms with Gasteiger partial charge in [0, 0.05) is 21.4 Å². The van der Waals surface area contributed by atoms with E-state index in [0.717, 1.165) is 0 Å². The Hall–Kier alpha value is -3.78. The summed E-state index contributed by atoms with van der Waals surface area (Å²) in [7, 11) is 1.22. The third-order valence-corrected chi connectivity index (χ3v) is 5.03. The Bertz CT molecular complexity index is 1090. The SMILES string of the molecule is COC(=O)C(=Cc1ccc(-c2ccccc2[N+](=O)[O-])s1)NC(=O)c1ccccc1. The number of nitrogens with zero attached hydrogens (tertiary/aromatic N) is 1. The molecule has 0 aliphatic rings.